The van der Waals surface area contributed by atoms with Crippen LogP contribution in [0.5, 0.6) is 0 Å². The van der Waals surface area contributed by atoms with Gasteiger partial charge < -0.3 is 0 Å². The Kier molecular flexibility index (Phi) is 11.8. The van der Waals surface area contributed by atoms with E-state index in [1.165, 1.54) is 0 Å². The third-order valence-electron chi connectivity index (χ3n) is 8.31. The van der Waals surface area contributed by atoms with Crippen LogP contribution in [0.3, 0.4) is 0 Å². The smallest absolute Gasteiger partial charge is 0.171 e. The molecular formula is C26H43F9. The quantitative estimate of drug-likeness (QED) is 0.275. The van der Waals surface area contributed by atoms with Gasteiger partial charge in [0.25, 0.3) is 0 Å². The van der Waals surface area contributed by atoms with Gasteiger partial charge in [-0.15, -0.1) is 0 Å². The lowest BCUT2D eigenvalue weighted by Crippen LogP contribution is -2.35. The summed E-state index contributed by atoms with van der Waals surface area (Å²) >= 11 is 0. The first-order chi connectivity index (χ1) is 15.7. The van der Waals surface area contributed by atoms with Crippen molar-refractivity contribution >= 4 is 0 Å². The summed E-state index contributed by atoms with van der Waals surface area (Å²) in [5, 5.41) is 0. The van der Waals surface area contributed by atoms with Gasteiger partial charge in [0.15, 0.2) is 0 Å². The minimum absolute atomic E-state index is 0.176. The second kappa shape index (κ2) is 12.7. The lowest BCUT2D eigenvalue weighted by Gasteiger charge is -2.35. The van der Waals surface area contributed by atoms with Gasteiger partial charge >= 0.3 is 18.5 Å². The summed E-state index contributed by atoms with van der Waals surface area (Å²) < 4.78 is 111. The molecule has 0 spiro atoms. The Morgan fingerprint density at radius 3 is 1.23 bits per heavy atom. The molecule has 0 saturated heterocycles. The molecule has 3 rings (SSSR count). The van der Waals surface area contributed by atoms with E-state index in [9.17, 15) is 39.5 Å². The molecule has 6 unspecified atom stereocenters. The maximum Gasteiger partial charge on any atom is 0.392 e. The Labute approximate surface area is 204 Å². The highest BCUT2D eigenvalue weighted by molar-refractivity contribution is 4.83. The van der Waals surface area contributed by atoms with Crippen molar-refractivity contribution in [2.75, 3.05) is 0 Å². The average Bonchev–Trinajstić information content (AvgIpc) is 3.01. The van der Waals surface area contributed by atoms with Crippen LogP contribution in [0.15, 0.2) is 0 Å². The molecular weight excluding hydrogens is 483 g/mol. The molecule has 0 nitrogen and oxygen atoms in total. The van der Waals surface area contributed by atoms with Gasteiger partial charge in [0.05, 0.1) is 17.8 Å². The molecule has 9 heteroatoms. The predicted molar refractivity (Wildman–Crippen MR) is 121 cm³/mol. The van der Waals surface area contributed by atoms with Crippen molar-refractivity contribution in [1.82, 2.24) is 0 Å². The van der Waals surface area contributed by atoms with Crippen molar-refractivity contribution in [3.8, 4) is 0 Å². The normalized spacial score (nSPS) is 38.7. The first-order valence-corrected chi connectivity index (χ1v) is 12.9. The summed E-state index contributed by atoms with van der Waals surface area (Å²) in [5.41, 5.74) is 0. The number of hydrogen-bond donors (Lipinski definition) is 0. The zero-order valence-electron chi connectivity index (χ0n) is 21.8. The Bertz CT molecular complexity index is 597. The van der Waals surface area contributed by atoms with E-state index in [4.69, 9.17) is 0 Å². The third-order valence-corrected chi connectivity index (χ3v) is 8.31. The fourth-order valence-corrected chi connectivity index (χ4v) is 6.28. The minimum Gasteiger partial charge on any atom is -0.171 e. The molecule has 3 saturated carbocycles. The first-order valence-electron chi connectivity index (χ1n) is 12.9. The zero-order valence-corrected chi connectivity index (χ0v) is 21.8. The summed E-state index contributed by atoms with van der Waals surface area (Å²) in [6.45, 7) is 11.1. The van der Waals surface area contributed by atoms with Crippen LogP contribution < -0.4 is 0 Å². The van der Waals surface area contributed by atoms with Crippen molar-refractivity contribution < 1.29 is 39.5 Å². The highest BCUT2D eigenvalue weighted by Gasteiger charge is 2.47. The third kappa shape index (κ3) is 10.7. The monoisotopic (exact) mass is 526 g/mol. The lowest BCUT2D eigenvalue weighted by atomic mass is 9.73. The van der Waals surface area contributed by atoms with Crippen LogP contribution in [-0.2, 0) is 0 Å². The van der Waals surface area contributed by atoms with Crippen LogP contribution >= 0.6 is 0 Å². The molecule has 0 aromatic heterocycles. The Morgan fingerprint density at radius 2 is 0.914 bits per heavy atom. The molecule has 3 aliphatic carbocycles. The molecule has 0 aromatic rings. The zero-order chi connectivity index (χ0) is 27.4. The van der Waals surface area contributed by atoms with E-state index < -0.39 is 36.3 Å². The summed E-state index contributed by atoms with van der Waals surface area (Å²) in [6.07, 6.45) is -7.25. The average molecular weight is 527 g/mol. The van der Waals surface area contributed by atoms with Gasteiger partial charge in [-0.05, 0) is 74.0 Å². The molecule has 3 fully saturated rings. The van der Waals surface area contributed by atoms with E-state index in [1.807, 2.05) is 27.7 Å². The Hall–Kier alpha value is -0.630. The highest BCUT2D eigenvalue weighted by atomic mass is 19.4. The summed E-state index contributed by atoms with van der Waals surface area (Å²) in [7, 11) is 0. The molecule has 0 bridgehead atoms. The van der Waals surface area contributed by atoms with Crippen molar-refractivity contribution in [2.45, 2.75) is 111 Å². The van der Waals surface area contributed by atoms with E-state index in [-0.39, 0.29) is 35.5 Å². The van der Waals surface area contributed by atoms with E-state index in [1.54, 1.807) is 13.8 Å². The summed E-state index contributed by atoms with van der Waals surface area (Å²) in [5.74, 6) is -2.57. The lowest BCUT2D eigenvalue weighted by molar-refractivity contribution is -0.199. The van der Waals surface area contributed by atoms with E-state index in [2.05, 4.69) is 0 Å². The van der Waals surface area contributed by atoms with Crippen LogP contribution in [0, 0.1) is 53.3 Å². The van der Waals surface area contributed by atoms with Gasteiger partial charge in [-0.3, -0.25) is 0 Å². The van der Waals surface area contributed by atoms with Crippen molar-refractivity contribution in [3.63, 3.8) is 0 Å². The van der Waals surface area contributed by atoms with E-state index >= 15 is 0 Å². The Morgan fingerprint density at radius 1 is 0.457 bits per heavy atom. The van der Waals surface area contributed by atoms with Crippen molar-refractivity contribution in [3.05, 3.63) is 0 Å². The fourth-order valence-electron chi connectivity index (χ4n) is 6.28. The standard InChI is InChI=1S/2C9H15F3.C8H13F3/c1-6-3-7(2)5-8(4-6)9(10,11)12;1-6-4-3-5-8(7(6)2)9(10,11)12;1-5-3-6(2)7(4-5)8(9,10)11/h2*6-8H,3-5H2,1-2H3;5-7H,3-4H2,1-2H3/t6-,7?,8?;6?,7-,8?;5-,6?,7?/m010/s1. The topological polar surface area (TPSA) is 0 Å². The van der Waals surface area contributed by atoms with Crippen LogP contribution in [0.2, 0.25) is 0 Å². The van der Waals surface area contributed by atoms with Gasteiger partial charge in [0, 0.05) is 0 Å². The summed E-state index contributed by atoms with van der Waals surface area (Å²) in [6, 6.07) is 0. The Balaban J connectivity index is 0.000000263. The second-order valence-electron chi connectivity index (χ2n) is 11.8. The van der Waals surface area contributed by atoms with Crippen LogP contribution in [-0.4, -0.2) is 18.5 Å². The fraction of sp³-hybridized carbons (Fsp3) is 1.00. The van der Waals surface area contributed by atoms with Gasteiger partial charge in [-0.25, -0.2) is 0 Å². The molecule has 0 heterocycles. The van der Waals surface area contributed by atoms with Crippen molar-refractivity contribution in [1.29, 1.82) is 0 Å². The second-order valence-corrected chi connectivity index (χ2v) is 11.8. The number of hydrogen-bond acceptors (Lipinski definition) is 0. The molecule has 0 amide bonds. The highest BCUT2D eigenvalue weighted by Crippen LogP contribution is 2.46. The van der Waals surface area contributed by atoms with E-state index in [0.717, 1.165) is 25.7 Å². The van der Waals surface area contributed by atoms with Gasteiger partial charge in [-0.1, -0.05) is 54.4 Å². The SMILES string of the molecule is CC1CC(C(F)(F)F)C[C@@H](C)C1.CC1CCCC(C(F)(F)F)[C@@H]1C.CC1C[C@H](C)CC1C(F)(F)F. The number of halogens is 9. The maximum atomic E-state index is 12.4. The number of alkyl halides is 9. The van der Waals surface area contributed by atoms with Gasteiger partial charge in [0.2, 0.25) is 0 Å². The number of rotatable bonds is 0. The molecule has 0 N–H and O–H groups in total. The first kappa shape index (κ1) is 32.4. The summed E-state index contributed by atoms with van der Waals surface area (Å²) in [4.78, 5) is 0. The molecule has 35 heavy (non-hydrogen) atoms. The largest absolute Gasteiger partial charge is 0.392 e. The molecule has 0 radical (unpaired) electrons. The van der Waals surface area contributed by atoms with Crippen LogP contribution in [0.4, 0.5) is 39.5 Å². The van der Waals surface area contributed by atoms with Gasteiger partial charge in [-0.2, -0.15) is 39.5 Å². The van der Waals surface area contributed by atoms with Gasteiger partial charge in [0.1, 0.15) is 0 Å². The minimum atomic E-state index is -3.98. The molecule has 0 aromatic carbocycles. The van der Waals surface area contributed by atoms with Crippen LogP contribution in [0.1, 0.15) is 92.9 Å². The molecule has 210 valence electrons. The molecule has 9 atom stereocenters. The molecule has 3 aliphatic rings. The van der Waals surface area contributed by atoms with Crippen molar-refractivity contribution in [2.24, 2.45) is 53.3 Å². The maximum absolute atomic E-state index is 12.4. The van der Waals surface area contributed by atoms with E-state index in [0.29, 0.717) is 25.7 Å². The van der Waals surface area contributed by atoms with Crippen LogP contribution in [0.25, 0.3) is 0 Å². The predicted octanol–water partition coefficient (Wildman–Crippen LogP) is 10.5. The molecule has 0 aliphatic heterocycles.